The van der Waals surface area contributed by atoms with E-state index in [1.54, 1.807) is 7.11 Å². The van der Waals surface area contributed by atoms with E-state index in [9.17, 15) is 9.59 Å². The molecule has 2 aromatic rings. The van der Waals surface area contributed by atoms with E-state index in [0.29, 0.717) is 13.0 Å². The van der Waals surface area contributed by atoms with Crippen molar-refractivity contribution in [1.29, 1.82) is 0 Å². The van der Waals surface area contributed by atoms with Gasteiger partial charge in [0.15, 0.2) is 5.78 Å². The summed E-state index contributed by atoms with van der Waals surface area (Å²) in [4.78, 5) is 29.0. The quantitative estimate of drug-likeness (QED) is 0.705. The molecule has 1 fully saturated rings. The van der Waals surface area contributed by atoms with Gasteiger partial charge in [-0.25, -0.2) is 0 Å². The lowest BCUT2D eigenvalue weighted by Gasteiger charge is -2.39. The summed E-state index contributed by atoms with van der Waals surface area (Å²) in [5.41, 5.74) is 1.65. The summed E-state index contributed by atoms with van der Waals surface area (Å²) in [5.74, 6) is 1.04. The van der Waals surface area contributed by atoms with Gasteiger partial charge in [0, 0.05) is 30.8 Å². The maximum atomic E-state index is 12.8. The molecule has 0 bridgehead atoms. The number of carbonyl (C=O) groups excluding carboxylic acids is 2. The third-order valence-electron chi connectivity index (χ3n) is 5.11. The first-order valence-corrected chi connectivity index (χ1v) is 9.38. The summed E-state index contributed by atoms with van der Waals surface area (Å²) in [6.45, 7) is 4.15. The molecular formula is C22H26N2O3. The van der Waals surface area contributed by atoms with Gasteiger partial charge < -0.3 is 9.64 Å². The second kappa shape index (κ2) is 8.82. The molecule has 5 nitrogen and oxygen atoms in total. The van der Waals surface area contributed by atoms with Crippen LogP contribution in [0.4, 0.5) is 5.69 Å². The Morgan fingerprint density at radius 3 is 2.44 bits per heavy atom. The van der Waals surface area contributed by atoms with E-state index in [4.69, 9.17) is 4.74 Å². The first-order chi connectivity index (χ1) is 13.1. The first kappa shape index (κ1) is 19.1. The molecule has 0 unspecified atom stereocenters. The maximum absolute atomic E-state index is 12.8. The molecule has 1 heterocycles. The molecule has 3 rings (SSSR count). The molecule has 1 amide bonds. The molecule has 1 atom stereocenters. The van der Waals surface area contributed by atoms with Crippen molar-refractivity contribution < 1.29 is 14.3 Å². The van der Waals surface area contributed by atoms with Gasteiger partial charge in [-0.15, -0.1) is 0 Å². The van der Waals surface area contributed by atoms with Crippen LogP contribution in [0.25, 0.3) is 0 Å². The highest BCUT2D eigenvalue weighted by atomic mass is 16.5. The summed E-state index contributed by atoms with van der Waals surface area (Å²) < 4.78 is 5.18. The minimum atomic E-state index is -0.187. The fourth-order valence-electron chi connectivity index (χ4n) is 3.45. The zero-order valence-corrected chi connectivity index (χ0v) is 15.9. The molecule has 0 spiro atoms. The van der Waals surface area contributed by atoms with E-state index >= 15 is 0 Å². The lowest BCUT2D eigenvalue weighted by Crippen LogP contribution is -2.56. The minimum absolute atomic E-state index is 0.0980. The van der Waals surface area contributed by atoms with Crippen molar-refractivity contribution in [3.63, 3.8) is 0 Å². The molecule has 1 aliphatic heterocycles. The van der Waals surface area contributed by atoms with Gasteiger partial charge in [-0.05, 0) is 44.2 Å². The standard InChI is InChI=1S/C22H26N2O3/c1-17-22(26)24(19-10-12-20(27-2)13-11-19)16-15-23(17)14-6-9-21(25)18-7-4-3-5-8-18/h3-5,7-8,10-13,17H,6,9,14-16H2,1-2H3/t17-/m1/s1. The molecular weight excluding hydrogens is 340 g/mol. The van der Waals surface area contributed by atoms with Crippen LogP contribution in [0.2, 0.25) is 0 Å². The van der Waals surface area contributed by atoms with Crippen LogP contribution in [0.5, 0.6) is 5.75 Å². The molecule has 1 aliphatic rings. The van der Waals surface area contributed by atoms with Gasteiger partial charge in [0.25, 0.3) is 0 Å². The van der Waals surface area contributed by atoms with Crippen LogP contribution >= 0.6 is 0 Å². The van der Waals surface area contributed by atoms with Crippen LogP contribution in [0.1, 0.15) is 30.1 Å². The number of methoxy groups -OCH3 is 1. The number of nitrogens with zero attached hydrogens (tertiary/aromatic N) is 2. The van der Waals surface area contributed by atoms with Crippen LogP contribution in [0.15, 0.2) is 54.6 Å². The number of rotatable bonds is 7. The minimum Gasteiger partial charge on any atom is -0.497 e. The second-order valence-corrected chi connectivity index (χ2v) is 6.79. The van der Waals surface area contributed by atoms with E-state index in [1.807, 2.05) is 66.4 Å². The number of benzene rings is 2. The van der Waals surface area contributed by atoms with Crippen molar-refractivity contribution in [1.82, 2.24) is 4.90 Å². The Bertz CT molecular complexity index is 774. The molecule has 0 N–H and O–H groups in total. The summed E-state index contributed by atoms with van der Waals surface area (Å²) >= 11 is 0. The molecule has 2 aromatic carbocycles. The summed E-state index contributed by atoms with van der Waals surface area (Å²) in [5, 5.41) is 0. The largest absolute Gasteiger partial charge is 0.497 e. The normalized spacial score (nSPS) is 17.8. The van der Waals surface area contributed by atoms with Crippen LogP contribution < -0.4 is 9.64 Å². The molecule has 0 aromatic heterocycles. The molecule has 27 heavy (non-hydrogen) atoms. The lowest BCUT2D eigenvalue weighted by molar-refractivity contribution is -0.125. The Balaban J connectivity index is 1.52. The Morgan fingerprint density at radius 1 is 1.07 bits per heavy atom. The number of carbonyl (C=O) groups is 2. The zero-order valence-electron chi connectivity index (χ0n) is 15.9. The van der Waals surface area contributed by atoms with Crippen molar-refractivity contribution in [2.45, 2.75) is 25.8 Å². The van der Waals surface area contributed by atoms with Crippen LogP contribution in [-0.4, -0.2) is 49.4 Å². The van der Waals surface area contributed by atoms with Crippen LogP contribution in [0.3, 0.4) is 0 Å². The van der Waals surface area contributed by atoms with Crippen molar-refractivity contribution >= 4 is 17.4 Å². The Hall–Kier alpha value is -2.66. The molecule has 0 radical (unpaired) electrons. The van der Waals surface area contributed by atoms with E-state index in [1.165, 1.54) is 0 Å². The third-order valence-corrected chi connectivity index (χ3v) is 5.11. The summed E-state index contributed by atoms with van der Waals surface area (Å²) in [7, 11) is 1.63. The number of ketones is 1. The van der Waals surface area contributed by atoms with E-state index in [-0.39, 0.29) is 17.7 Å². The number of piperazine rings is 1. The third kappa shape index (κ3) is 4.55. The summed E-state index contributed by atoms with van der Waals surface area (Å²) in [6.07, 6.45) is 1.26. The number of hydrogen-bond acceptors (Lipinski definition) is 4. The van der Waals surface area contributed by atoms with Gasteiger partial charge in [-0.2, -0.15) is 0 Å². The second-order valence-electron chi connectivity index (χ2n) is 6.79. The number of hydrogen-bond donors (Lipinski definition) is 0. The Kier molecular flexibility index (Phi) is 6.24. The van der Waals surface area contributed by atoms with Crippen LogP contribution in [-0.2, 0) is 4.79 Å². The smallest absolute Gasteiger partial charge is 0.244 e. The highest BCUT2D eigenvalue weighted by Gasteiger charge is 2.31. The van der Waals surface area contributed by atoms with Gasteiger partial charge in [0.05, 0.1) is 13.2 Å². The van der Waals surface area contributed by atoms with Crippen molar-refractivity contribution in [2.75, 3.05) is 31.6 Å². The average molecular weight is 366 g/mol. The molecule has 1 saturated heterocycles. The summed E-state index contributed by atoms with van der Waals surface area (Å²) in [6, 6.07) is 16.8. The fourth-order valence-corrected chi connectivity index (χ4v) is 3.45. The van der Waals surface area contributed by atoms with Crippen molar-refractivity contribution in [3.05, 3.63) is 60.2 Å². The number of ether oxygens (including phenoxy) is 1. The number of Topliss-reactive ketones (excluding diaryl/α,β-unsaturated/α-hetero) is 1. The van der Waals surface area contributed by atoms with Gasteiger partial charge in [0.2, 0.25) is 5.91 Å². The molecule has 142 valence electrons. The zero-order chi connectivity index (χ0) is 19.2. The van der Waals surface area contributed by atoms with Gasteiger partial charge in [0.1, 0.15) is 5.75 Å². The predicted molar refractivity (Wildman–Crippen MR) is 106 cm³/mol. The van der Waals surface area contributed by atoms with Crippen molar-refractivity contribution in [2.24, 2.45) is 0 Å². The topological polar surface area (TPSA) is 49.9 Å². The highest BCUT2D eigenvalue weighted by Crippen LogP contribution is 2.23. The van der Waals surface area contributed by atoms with Gasteiger partial charge >= 0.3 is 0 Å². The average Bonchev–Trinajstić information content (AvgIpc) is 2.72. The Labute approximate surface area is 160 Å². The number of anilines is 1. The lowest BCUT2D eigenvalue weighted by atomic mass is 10.1. The SMILES string of the molecule is COc1ccc(N2CCN(CCCC(=O)c3ccccc3)[C@H](C)C2=O)cc1. The van der Waals surface area contributed by atoms with E-state index in [2.05, 4.69) is 4.90 Å². The highest BCUT2D eigenvalue weighted by molar-refractivity contribution is 5.98. The molecule has 0 saturated carbocycles. The predicted octanol–water partition coefficient (Wildman–Crippen LogP) is 3.40. The van der Waals surface area contributed by atoms with Crippen LogP contribution in [0, 0.1) is 0 Å². The van der Waals surface area contributed by atoms with E-state index < -0.39 is 0 Å². The van der Waals surface area contributed by atoms with Crippen molar-refractivity contribution in [3.8, 4) is 5.75 Å². The monoisotopic (exact) mass is 366 g/mol. The van der Waals surface area contributed by atoms with E-state index in [0.717, 1.165) is 36.5 Å². The first-order valence-electron chi connectivity index (χ1n) is 9.38. The fraction of sp³-hybridized carbons (Fsp3) is 0.364. The number of amides is 1. The van der Waals surface area contributed by atoms with Gasteiger partial charge in [-0.3, -0.25) is 14.5 Å². The molecule has 0 aliphatic carbocycles. The molecule has 5 heteroatoms. The Morgan fingerprint density at radius 2 is 1.78 bits per heavy atom. The van der Waals surface area contributed by atoms with Gasteiger partial charge in [-0.1, -0.05) is 30.3 Å². The maximum Gasteiger partial charge on any atom is 0.244 e.